The predicted octanol–water partition coefficient (Wildman–Crippen LogP) is 2.75. The molecule has 0 atom stereocenters. The van der Waals surface area contributed by atoms with Gasteiger partial charge in [0.1, 0.15) is 0 Å². The van der Waals surface area contributed by atoms with E-state index in [9.17, 15) is 8.78 Å². The van der Waals surface area contributed by atoms with Gasteiger partial charge in [0.25, 0.3) is 0 Å². The number of halogens is 2. The fourth-order valence-electron chi connectivity index (χ4n) is 1.25. The number of ether oxygens (including phenoxy) is 1. The van der Waals surface area contributed by atoms with E-state index in [0.29, 0.717) is 0 Å². The Morgan fingerprint density at radius 2 is 1.88 bits per heavy atom. The van der Waals surface area contributed by atoms with Gasteiger partial charge in [0, 0.05) is 35.8 Å². The lowest BCUT2D eigenvalue weighted by Gasteiger charge is -2.04. The predicted molar refractivity (Wildman–Crippen MR) is 54.1 cm³/mol. The minimum absolute atomic E-state index is 0.0948. The summed E-state index contributed by atoms with van der Waals surface area (Å²) >= 11 is 0. The first-order valence-corrected chi connectivity index (χ1v) is 4.57. The van der Waals surface area contributed by atoms with Gasteiger partial charge in [0.05, 0.1) is 0 Å². The fourth-order valence-corrected chi connectivity index (χ4v) is 1.25. The molecule has 0 bridgehead atoms. The SMILES string of the molecule is FC(F)Oc1ccc(-c2cccnc2)cn1. The maximum atomic E-state index is 11.9. The summed E-state index contributed by atoms with van der Waals surface area (Å²) in [6, 6.07) is 6.70. The molecule has 0 aliphatic heterocycles. The molecule has 2 rings (SSSR count). The van der Waals surface area contributed by atoms with Crippen molar-refractivity contribution in [2.75, 3.05) is 0 Å². The summed E-state index contributed by atoms with van der Waals surface area (Å²) < 4.78 is 27.9. The van der Waals surface area contributed by atoms with Crippen LogP contribution in [0.15, 0.2) is 42.9 Å². The van der Waals surface area contributed by atoms with Crippen LogP contribution >= 0.6 is 0 Å². The van der Waals surface area contributed by atoms with Crippen molar-refractivity contribution in [1.29, 1.82) is 0 Å². The summed E-state index contributed by atoms with van der Waals surface area (Å²) in [5.74, 6) is -0.0948. The zero-order valence-corrected chi connectivity index (χ0v) is 8.18. The van der Waals surface area contributed by atoms with E-state index in [1.165, 1.54) is 12.3 Å². The number of alkyl halides is 2. The van der Waals surface area contributed by atoms with Crippen LogP contribution in [0.1, 0.15) is 0 Å². The molecule has 0 aliphatic rings. The molecule has 0 saturated heterocycles. The fraction of sp³-hybridized carbons (Fsp3) is 0.0909. The van der Waals surface area contributed by atoms with Crippen LogP contribution in [0.25, 0.3) is 11.1 Å². The lowest BCUT2D eigenvalue weighted by atomic mass is 10.1. The molecule has 16 heavy (non-hydrogen) atoms. The number of hydrogen-bond donors (Lipinski definition) is 0. The van der Waals surface area contributed by atoms with E-state index in [1.807, 2.05) is 6.07 Å². The van der Waals surface area contributed by atoms with Crippen molar-refractivity contribution in [2.24, 2.45) is 0 Å². The van der Waals surface area contributed by atoms with Crippen LogP contribution in [0.3, 0.4) is 0 Å². The summed E-state index contributed by atoms with van der Waals surface area (Å²) in [4.78, 5) is 7.72. The second-order valence-electron chi connectivity index (χ2n) is 3.01. The highest BCUT2D eigenvalue weighted by molar-refractivity contribution is 5.61. The van der Waals surface area contributed by atoms with Crippen molar-refractivity contribution in [3.8, 4) is 17.0 Å². The van der Waals surface area contributed by atoms with Crippen LogP contribution in [0.5, 0.6) is 5.88 Å². The van der Waals surface area contributed by atoms with Gasteiger partial charge in [-0.3, -0.25) is 4.98 Å². The van der Waals surface area contributed by atoms with Crippen molar-refractivity contribution in [1.82, 2.24) is 9.97 Å². The first-order chi connectivity index (χ1) is 7.75. The van der Waals surface area contributed by atoms with Crippen LogP contribution in [0.4, 0.5) is 8.78 Å². The Hall–Kier alpha value is -2.04. The van der Waals surface area contributed by atoms with E-state index >= 15 is 0 Å². The molecule has 3 nitrogen and oxygen atoms in total. The molecule has 2 aromatic rings. The zero-order valence-electron chi connectivity index (χ0n) is 8.18. The Morgan fingerprint density at radius 1 is 1.06 bits per heavy atom. The highest BCUT2D eigenvalue weighted by Gasteiger charge is 2.05. The molecule has 5 heteroatoms. The molecule has 0 saturated carbocycles. The molecule has 0 spiro atoms. The molecule has 0 aromatic carbocycles. The van der Waals surface area contributed by atoms with E-state index in [1.54, 1.807) is 24.5 Å². The third-order valence-corrected chi connectivity index (χ3v) is 1.94. The molecule has 0 unspecified atom stereocenters. The summed E-state index contributed by atoms with van der Waals surface area (Å²) in [5.41, 5.74) is 1.67. The Morgan fingerprint density at radius 3 is 2.44 bits per heavy atom. The number of nitrogens with zero attached hydrogens (tertiary/aromatic N) is 2. The quantitative estimate of drug-likeness (QED) is 0.800. The highest BCUT2D eigenvalue weighted by atomic mass is 19.3. The topological polar surface area (TPSA) is 35.0 Å². The van der Waals surface area contributed by atoms with Crippen LogP contribution < -0.4 is 4.74 Å². The minimum atomic E-state index is -2.85. The van der Waals surface area contributed by atoms with Gasteiger partial charge in [-0.1, -0.05) is 6.07 Å². The summed E-state index contributed by atoms with van der Waals surface area (Å²) in [7, 11) is 0. The molecule has 0 fully saturated rings. The third kappa shape index (κ3) is 2.50. The van der Waals surface area contributed by atoms with Crippen molar-refractivity contribution < 1.29 is 13.5 Å². The minimum Gasteiger partial charge on any atom is -0.417 e. The largest absolute Gasteiger partial charge is 0.417 e. The molecule has 82 valence electrons. The zero-order chi connectivity index (χ0) is 11.4. The molecule has 2 heterocycles. The lowest BCUT2D eigenvalue weighted by molar-refractivity contribution is -0.0528. The van der Waals surface area contributed by atoms with E-state index in [-0.39, 0.29) is 5.88 Å². The van der Waals surface area contributed by atoms with Crippen LogP contribution in [0, 0.1) is 0 Å². The van der Waals surface area contributed by atoms with Crippen LogP contribution in [0.2, 0.25) is 0 Å². The van der Waals surface area contributed by atoms with Gasteiger partial charge in [-0.05, 0) is 12.1 Å². The van der Waals surface area contributed by atoms with Crippen molar-refractivity contribution in [2.45, 2.75) is 6.61 Å². The lowest BCUT2D eigenvalue weighted by Crippen LogP contribution is -2.03. The normalized spacial score (nSPS) is 10.4. The second-order valence-corrected chi connectivity index (χ2v) is 3.01. The Balaban J connectivity index is 2.20. The second kappa shape index (κ2) is 4.65. The maximum Gasteiger partial charge on any atom is 0.388 e. The van der Waals surface area contributed by atoms with E-state index in [0.717, 1.165) is 11.1 Å². The van der Waals surface area contributed by atoms with Crippen molar-refractivity contribution >= 4 is 0 Å². The summed E-state index contributed by atoms with van der Waals surface area (Å²) in [6.07, 6.45) is 4.80. The van der Waals surface area contributed by atoms with E-state index < -0.39 is 6.61 Å². The molecular formula is C11H8F2N2O. The molecule has 0 amide bonds. The van der Waals surface area contributed by atoms with Gasteiger partial charge in [0.15, 0.2) is 0 Å². The molecule has 0 N–H and O–H groups in total. The Kier molecular flexibility index (Phi) is 3.05. The molecular weight excluding hydrogens is 214 g/mol. The number of hydrogen-bond acceptors (Lipinski definition) is 3. The van der Waals surface area contributed by atoms with Gasteiger partial charge < -0.3 is 4.74 Å². The van der Waals surface area contributed by atoms with Crippen LogP contribution in [-0.4, -0.2) is 16.6 Å². The molecule has 2 aromatic heterocycles. The van der Waals surface area contributed by atoms with Gasteiger partial charge in [-0.25, -0.2) is 4.98 Å². The summed E-state index contributed by atoms with van der Waals surface area (Å²) in [5, 5.41) is 0. The highest BCUT2D eigenvalue weighted by Crippen LogP contribution is 2.19. The van der Waals surface area contributed by atoms with Crippen molar-refractivity contribution in [3.05, 3.63) is 42.9 Å². The third-order valence-electron chi connectivity index (χ3n) is 1.94. The molecule has 0 radical (unpaired) electrons. The van der Waals surface area contributed by atoms with E-state index in [2.05, 4.69) is 14.7 Å². The maximum absolute atomic E-state index is 11.9. The Bertz CT molecular complexity index is 445. The van der Waals surface area contributed by atoms with Gasteiger partial charge in [0.2, 0.25) is 5.88 Å². The van der Waals surface area contributed by atoms with Crippen LogP contribution in [-0.2, 0) is 0 Å². The number of pyridine rings is 2. The Labute approximate surface area is 90.7 Å². The monoisotopic (exact) mass is 222 g/mol. The average Bonchev–Trinajstić information content (AvgIpc) is 2.30. The number of rotatable bonds is 3. The first-order valence-electron chi connectivity index (χ1n) is 4.57. The van der Waals surface area contributed by atoms with Crippen molar-refractivity contribution in [3.63, 3.8) is 0 Å². The van der Waals surface area contributed by atoms with Gasteiger partial charge >= 0.3 is 6.61 Å². The van der Waals surface area contributed by atoms with E-state index in [4.69, 9.17) is 0 Å². The average molecular weight is 222 g/mol. The van der Waals surface area contributed by atoms with Gasteiger partial charge in [-0.15, -0.1) is 0 Å². The first kappa shape index (κ1) is 10.5. The van der Waals surface area contributed by atoms with Gasteiger partial charge in [-0.2, -0.15) is 8.78 Å². The smallest absolute Gasteiger partial charge is 0.388 e. The number of aromatic nitrogens is 2. The standard InChI is InChI=1S/C11H8F2N2O/c12-11(13)16-10-4-3-9(7-15-10)8-2-1-5-14-6-8/h1-7,11H. The molecule has 0 aliphatic carbocycles. The summed E-state index contributed by atoms with van der Waals surface area (Å²) in [6.45, 7) is -2.85.